The second kappa shape index (κ2) is 16.0. The van der Waals surface area contributed by atoms with Gasteiger partial charge in [-0.3, -0.25) is 29.8 Å². The lowest BCUT2D eigenvalue weighted by Gasteiger charge is -2.45. The Labute approximate surface area is 299 Å². The van der Waals surface area contributed by atoms with Crippen LogP contribution in [-0.2, 0) is 19.1 Å². The molecular formula is C36H38N6O6S2. The van der Waals surface area contributed by atoms with Crippen molar-refractivity contribution in [1.82, 2.24) is 20.6 Å². The number of anilines is 2. The maximum atomic E-state index is 13.5. The molecule has 1 aromatic carbocycles. The zero-order valence-electron chi connectivity index (χ0n) is 27.7. The highest BCUT2D eigenvalue weighted by Gasteiger charge is 2.52. The standard InChI is InChI=1S/C36H38N6O6S2/c1-41(28-12-6-8-16-37-28)18-20-47-31(25-10-4-3-5-11-25)36(48-21-19-42(2)29-13-7-9-17-38-29)15-14-24(23-27-32(43)39-34(45)49-27)22-26(36)30-33(44)40-35(46)50-30/h3-14,16-17,22,27,30-31H,15,18-21,23H2,1-2H3,(H,39,43,45)(H,40,44,46). The minimum Gasteiger partial charge on any atom is -0.368 e. The first-order valence-corrected chi connectivity index (χ1v) is 18.0. The van der Waals surface area contributed by atoms with Crippen molar-refractivity contribution in [3.8, 4) is 0 Å². The number of nitrogens with zero attached hydrogens (tertiary/aromatic N) is 4. The quantitative estimate of drug-likeness (QED) is 0.221. The monoisotopic (exact) mass is 714 g/mol. The molecule has 4 unspecified atom stereocenters. The van der Waals surface area contributed by atoms with E-state index in [0.29, 0.717) is 25.3 Å². The molecule has 0 saturated carbocycles. The van der Waals surface area contributed by atoms with Crippen LogP contribution in [0, 0.1) is 0 Å². The van der Waals surface area contributed by atoms with Crippen LogP contribution in [0.25, 0.3) is 0 Å². The molecule has 0 spiro atoms. The number of hydrogen-bond donors (Lipinski definition) is 2. The van der Waals surface area contributed by atoms with Gasteiger partial charge in [0.25, 0.3) is 10.5 Å². The molecule has 0 bridgehead atoms. The highest BCUT2D eigenvalue weighted by Crippen LogP contribution is 2.49. The largest absolute Gasteiger partial charge is 0.368 e. The van der Waals surface area contributed by atoms with Crippen molar-refractivity contribution < 1.29 is 28.7 Å². The number of likely N-dealkylation sites (N-methyl/N-ethyl adjacent to an activating group) is 2. The summed E-state index contributed by atoms with van der Waals surface area (Å²) in [5.41, 5.74) is 0.923. The van der Waals surface area contributed by atoms with E-state index in [0.717, 1.165) is 46.3 Å². The summed E-state index contributed by atoms with van der Waals surface area (Å²) in [7, 11) is 3.87. The minimum atomic E-state index is -1.24. The molecule has 2 aliphatic heterocycles. The van der Waals surface area contributed by atoms with Gasteiger partial charge in [0.15, 0.2) is 0 Å². The van der Waals surface area contributed by atoms with Crippen molar-refractivity contribution in [3.63, 3.8) is 0 Å². The molecule has 3 aromatic rings. The summed E-state index contributed by atoms with van der Waals surface area (Å²) in [6, 6.07) is 21.1. The summed E-state index contributed by atoms with van der Waals surface area (Å²) in [5.74, 6) is 0.771. The number of allylic oxidation sites excluding steroid dienone is 2. The van der Waals surface area contributed by atoms with E-state index in [2.05, 4.69) is 20.6 Å². The molecule has 2 fully saturated rings. The van der Waals surface area contributed by atoms with Gasteiger partial charge in [0.1, 0.15) is 28.6 Å². The van der Waals surface area contributed by atoms with E-state index in [1.807, 2.05) is 103 Å². The Balaban J connectivity index is 1.37. The molecule has 3 aliphatic rings. The molecule has 14 heteroatoms. The SMILES string of the molecule is CN(CCOC(c1ccccc1)C1(OCCN(C)c2ccccn2)CC=C(CC2SC(=O)NC2=O)C=C1C1SC(=O)NC1=O)c1ccccn1. The first-order valence-electron chi connectivity index (χ1n) is 16.2. The Morgan fingerprint density at radius 1 is 0.820 bits per heavy atom. The van der Waals surface area contributed by atoms with E-state index < -0.39 is 33.4 Å². The van der Waals surface area contributed by atoms with E-state index in [-0.39, 0.29) is 30.6 Å². The molecule has 50 heavy (non-hydrogen) atoms. The third-order valence-corrected chi connectivity index (χ3v) is 10.8. The fourth-order valence-electron chi connectivity index (χ4n) is 6.19. The number of aromatic nitrogens is 2. The number of rotatable bonds is 15. The Hall–Kier alpha value is -4.50. The van der Waals surface area contributed by atoms with Gasteiger partial charge < -0.3 is 19.3 Å². The Bertz CT molecular complexity index is 1760. The number of benzene rings is 1. The van der Waals surface area contributed by atoms with E-state index in [1.54, 1.807) is 12.4 Å². The second-order valence-electron chi connectivity index (χ2n) is 12.1. The number of nitrogens with one attached hydrogen (secondary N) is 2. The number of hydrogen-bond acceptors (Lipinski definition) is 12. The zero-order chi connectivity index (χ0) is 35.1. The smallest absolute Gasteiger partial charge is 0.286 e. The van der Waals surface area contributed by atoms with Crippen LogP contribution >= 0.6 is 23.5 Å². The van der Waals surface area contributed by atoms with Crippen LogP contribution in [0.3, 0.4) is 0 Å². The molecule has 4 amide bonds. The molecular weight excluding hydrogens is 677 g/mol. The van der Waals surface area contributed by atoms with E-state index in [4.69, 9.17) is 9.47 Å². The average molecular weight is 715 g/mol. The summed E-state index contributed by atoms with van der Waals surface area (Å²) in [4.78, 5) is 63.5. The van der Waals surface area contributed by atoms with E-state index in [1.165, 1.54) is 0 Å². The molecule has 2 saturated heterocycles. The maximum Gasteiger partial charge on any atom is 0.286 e. The highest BCUT2D eigenvalue weighted by atomic mass is 32.2. The molecule has 1 aliphatic carbocycles. The predicted octanol–water partition coefficient (Wildman–Crippen LogP) is 4.91. The molecule has 0 radical (unpaired) electrons. The van der Waals surface area contributed by atoms with Crippen molar-refractivity contribution in [2.24, 2.45) is 0 Å². The summed E-state index contributed by atoms with van der Waals surface area (Å²) in [6.45, 7) is 1.50. The average Bonchev–Trinajstić information content (AvgIpc) is 3.64. The number of ether oxygens (including phenoxy) is 2. The summed E-state index contributed by atoms with van der Waals surface area (Å²) < 4.78 is 13.8. The van der Waals surface area contributed by atoms with E-state index >= 15 is 0 Å². The van der Waals surface area contributed by atoms with Gasteiger partial charge in [-0.05, 0) is 53.6 Å². The van der Waals surface area contributed by atoms with Gasteiger partial charge in [0.2, 0.25) is 11.8 Å². The number of amides is 4. The highest BCUT2D eigenvalue weighted by molar-refractivity contribution is 8.15. The lowest BCUT2D eigenvalue weighted by atomic mass is 9.75. The molecule has 2 N–H and O–H groups in total. The Morgan fingerprint density at radius 3 is 2.02 bits per heavy atom. The summed E-state index contributed by atoms with van der Waals surface area (Å²) >= 11 is 1.84. The first-order chi connectivity index (χ1) is 24.2. The summed E-state index contributed by atoms with van der Waals surface area (Å²) in [5, 5.41) is 2.43. The second-order valence-corrected chi connectivity index (χ2v) is 14.3. The van der Waals surface area contributed by atoms with Crippen LogP contribution < -0.4 is 20.4 Å². The third-order valence-electron chi connectivity index (χ3n) is 8.76. The van der Waals surface area contributed by atoms with Gasteiger partial charge in [-0.2, -0.15) is 0 Å². The van der Waals surface area contributed by atoms with E-state index in [9.17, 15) is 19.2 Å². The molecule has 4 atom stereocenters. The molecule has 260 valence electrons. The fourth-order valence-corrected chi connectivity index (χ4v) is 7.98. The number of pyridine rings is 2. The van der Waals surface area contributed by atoms with Crippen LogP contribution in [0.4, 0.5) is 21.2 Å². The minimum absolute atomic E-state index is 0.233. The summed E-state index contributed by atoms with van der Waals surface area (Å²) in [6.07, 6.45) is 7.15. The molecule has 12 nitrogen and oxygen atoms in total. The number of carbonyl (C=O) groups excluding carboxylic acids is 4. The van der Waals surface area contributed by atoms with Crippen LogP contribution in [0.1, 0.15) is 24.5 Å². The normalized spacial score (nSPS) is 22.4. The topological polar surface area (TPSA) is 143 Å². The number of imide groups is 2. The zero-order valence-corrected chi connectivity index (χ0v) is 29.3. The van der Waals surface area contributed by atoms with Gasteiger partial charge in [0.05, 0.1) is 18.5 Å². The van der Waals surface area contributed by atoms with Crippen molar-refractivity contribution in [2.45, 2.75) is 35.0 Å². The number of carbonyl (C=O) groups is 4. The molecule has 2 aromatic heterocycles. The van der Waals surface area contributed by atoms with Crippen molar-refractivity contribution >= 4 is 57.5 Å². The predicted molar refractivity (Wildman–Crippen MR) is 194 cm³/mol. The van der Waals surface area contributed by atoms with Crippen LogP contribution in [0.15, 0.2) is 102 Å². The van der Waals surface area contributed by atoms with Crippen molar-refractivity contribution in [1.29, 1.82) is 0 Å². The van der Waals surface area contributed by atoms with Crippen LogP contribution in [0.2, 0.25) is 0 Å². The van der Waals surface area contributed by atoms with Gasteiger partial charge in [-0.15, -0.1) is 0 Å². The molecule has 4 heterocycles. The van der Waals surface area contributed by atoms with Crippen LogP contribution in [-0.4, -0.2) is 88.8 Å². The van der Waals surface area contributed by atoms with Crippen molar-refractivity contribution in [2.75, 3.05) is 50.2 Å². The fraction of sp³-hybridized carbons (Fsp3) is 0.333. The van der Waals surface area contributed by atoms with Gasteiger partial charge in [-0.1, -0.05) is 72.0 Å². The number of thioether (sulfide) groups is 2. The van der Waals surface area contributed by atoms with Crippen molar-refractivity contribution in [3.05, 3.63) is 108 Å². The lowest BCUT2D eigenvalue weighted by Crippen LogP contribution is -2.49. The maximum absolute atomic E-state index is 13.5. The molecule has 6 rings (SSSR count). The van der Waals surface area contributed by atoms with Gasteiger partial charge in [0, 0.05) is 46.0 Å². The Morgan fingerprint density at radius 2 is 1.44 bits per heavy atom. The Kier molecular flexibility index (Phi) is 11.3. The van der Waals surface area contributed by atoms with Gasteiger partial charge >= 0.3 is 0 Å². The first kappa shape index (κ1) is 35.3. The van der Waals surface area contributed by atoms with Crippen LogP contribution in [0.5, 0.6) is 0 Å². The third kappa shape index (κ3) is 8.10. The lowest BCUT2D eigenvalue weighted by molar-refractivity contribution is -0.131. The van der Waals surface area contributed by atoms with Gasteiger partial charge in [-0.25, -0.2) is 9.97 Å².